The van der Waals surface area contributed by atoms with Crippen LogP contribution in [0.15, 0.2) is 18.2 Å². The van der Waals surface area contributed by atoms with Crippen LogP contribution in [0.1, 0.15) is 27.7 Å². The molecule has 0 bridgehead atoms. The Labute approximate surface area is 120 Å². The molecule has 20 heavy (non-hydrogen) atoms. The predicted molar refractivity (Wildman–Crippen MR) is 83.0 cm³/mol. The van der Waals surface area contributed by atoms with E-state index in [-0.39, 0.29) is 18.6 Å². The second kappa shape index (κ2) is 7.62. The monoisotopic (exact) mass is 279 g/mol. The number of benzene rings is 1. The van der Waals surface area contributed by atoms with Gasteiger partial charge in [-0.1, -0.05) is 13.8 Å². The topological polar surface area (TPSA) is 76.4 Å². The summed E-state index contributed by atoms with van der Waals surface area (Å²) in [6.45, 7) is 8.92. The average molecular weight is 279 g/mol. The van der Waals surface area contributed by atoms with E-state index in [9.17, 15) is 4.79 Å². The first-order chi connectivity index (χ1) is 9.36. The standard InChI is InChI=1S/C15H25N3O2/c1-10(2)8-18-15(19)9-17-13-5-12(16)6-14(7-13)20-11(3)4/h5-7,10-11,17H,8-9,16H2,1-4H3,(H,18,19). The van der Waals surface area contributed by atoms with Gasteiger partial charge in [0.15, 0.2) is 0 Å². The maximum absolute atomic E-state index is 11.6. The highest BCUT2D eigenvalue weighted by Gasteiger charge is 2.05. The number of anilines is 2. The Kier molecular flexibility index (Phi) is 6.15. The van der Waals surface area contributed by atoms with E-state index < -0.39 is 0 Å². The first-order valence-corrected chi connectivity index (χ1v) is 6.94. The SMILES string of the molecule is CC(C)CNC(=O)CNc1cc(N)cc(OC(C)C)c1. The van der Waals surface area contributed by atoms with E-state index >= 15 is 0 Å². The second-order valence-corrected chi connectivity index (χ2v) is 5.51. The lowest BCUT2D eigenvalue weighted by atomic mass is 10.2. The molecule has 0 aromatic heterocycles. The molecule has 5 heteroatoms. The number of rotatable bonds is 7. The Morgan fingerprint density at radius 1 is 1.25 bits per heavy atom. The van der Waals surface area contributed by atoms with Crippen LogP contribution >= 0.6 is 0 Å². The molecule has 0 fully saturated rings. The van der Waals surface area contributed by atoms with Crippen molar-refractivity contribution in [1.82, 2.24) is 5.32 Å². The van der Waals surface area contributed by atoms with Crippen molar-refractivity contribution >= 4 is 17.3 Å². The van der Waals surface area contributed by atoms with E-state index in [1.54, 1.807) is 12.1 Å². The van der Waals surface area contributed by atoms with Gasteiger partial charge in [0.05, 0.1) is 12.6 Å². The van der Waals surface area contributed by atoms with Crippen LogP contribution in [0.5, 0.6) is 5.75 Å². The number of nitrogens with two attached hydrogens (primary N) is 1. The zero-order chi connectivity index (χ0) is 15.1. The Bertz CT molecular complexity index is 445. The van der Waals surface area contributed by atoms with Crippen molar-refractivity contribution in [2.75, 3.05) is 24.1 Å². The summed E-state index contributed by atoms with van der Waals surface area (Å²) in [7, 11) is 0. The minimum Gasteiger partial charge on any atom is -0.491 e. The number of ether oxygens (including phenoxy) is 1. The number of hydrogen-bond donors (Lipinski definition) is 3. The van der Waals surface area contributed by atoms with Crippen LogP contribution < -0.4 is 21.1 Å². The van der Waals surface area contributed by atoms with E-state index in [4.69, 9.17) is 10.5 Å². The quantitative estimate of drug-likeness (QED) is 0.669. The van der Waals surface area contributed by atoms with Crippen molar-refractivity contribution in [3.63, 3.8) is 0 Å². The molecule has 0 saturated heterocycles. The van der Waals surface area contributed by atoms with Gasteiger partial charge >= 0.3 is 0 Å². The van der Waals surface area contributed by atoms with Crippen LogP contribution in [-0.4, -0.2) is 25.1 Å². The number of hydrogen-bond acceptors (Lipinski definition) is 4. The first-order valence-electron chi connectivity index (χ1n) is 6.94. The maximum Gasteiger partial charge on any atom is 0.239 e. The maximum atomic E-state index is 11.6. The summed E-state index contributed by atoms with van der Waals surface area (Å²) in [5.41, 5.74) is 7.20. The molecule has 0 atom stereocenters. The van der Waals surface area contributed by atoms with Crippen molar-refractivity contribution in [2.24, 2.45) is 5.92 Å². The van der Waals surface area contributed by atoms with E-state index in [0.717, 1.165) is 5.69 Å². The predicted octanol–water partition coefficient (Wildman–Crippen LogP) is 2.24. The first kappa shape index (κ1) is 16.1. The van der Waals surface area contributed by atoms with Gasteiger partial charge in [-0.25, -0.2) is 0 Å². The minimum absolute atomic E-state index is 0.0348. The van der Waals surface area contributed by atoms with Crippen LogP contribution in [0.3, 0.4) is 0 Å². The third-order valence-electron chi connectivity index (χ3n) is 2.46. The molecule has 1 rings (SSSR count). The van der Waals surface area contributed by atoms with E-state index in [0.29, 0.717) is 23.9 Å². The summed E-state index contributed by atoms with van der Waals surface area (Å²) < 4.78 is 5.60. The lowest BCUT2D eigenvalue weighted by Crippen LogP contribution is -2.32. The van der Waals surface area contributed by atoms with Crippen LogP contribution in [0.2, 0.25) is 0 Å². The molecule has 4 N–H and O–H groups in total. The fraction of sp³-hybridized carbons (Fsp3) is 0.533. The molecule has 0 saturated carbocycles. The Balaban J connectivity index is 2.54. The zero-order valence-corrected chi connectivity index (χ0v) is 12.7. The molecule has 0 aliphatic heterocycles. The van der Waals surface area contributed by atoms with E-state index in [1.165, 1.54) is 0 Å². The van der Waals surface area contributed by atoms with Gasteiger partial charge in [-0.05, 0) is 25.8 Å². The Morgan fingerprint density at radius 3 is 2.55 bits per heavy atom. The number of nitrogens with one attached hydrogen (secondary N) is 2. The molecule has 1 aromatic carbocycles. The minimum atomic E-state index is -0.0348. The van der Waals surface area contributed by atoms with Crippen molar-refractivity contribution in [2.45, 2.75) is 33.8 Å². The molecule has 112 valence electrons. The van der Waals surface area contributed by atoms with Gasteiger partial charge < -0.3 is 21.1 Å². The highest BCUT2D eigenvalue weighted by molar-refractivity contribution is 5.81. The fourth-order valence-corrected chi connectivity index (χ4v) is 1.63. The summed E-state index contributed by atoms with van der Waals surface area (Å²) in [6, 6.07) is 5.39. The number of carbonyl (C=O) groups is 1. The van der Waals surface area contributed by atoms with Gasteiger partial charge in [-0.15, -0.1) is 0 Å². The highest BCUT2D eigenvalue weighted by Crippen LogP contribution is 2.23. The summed E-state index contributed by atoms with van der Waals surface area (Å²) in [5, 5.41) is 5.90. The summed E-state index contributed by atoms with van der Waals surface area (Å²) in [6.07, 6.45) is 0.0824. The van der Waals surface area contributed by atoms with Gasteiger partial charge in [-0.2, -0.15) is 0 Å². The normalized spacial score (nSPS) is 10.7. The van der Waals surface area contributed by atoms with Gasteiger partial charge in [0.25, 0.3) is 0 Å². The molecule has 0 aliphatic rings. The van der Waals surface area contributed by atoms with Crippen LogP contribution in [-0.2, 0) is 4.79 Å². The molecule has 5 nitrogen and oxygen atoms in total. The van der Waals surface area contributed by atoms with Crippen LogP contribution in [0, 0.1) is 5.92 Å². The molecule has 0 heterocycles. The molecule has 0 radical (unpaired) electrons. The smallest absolute Gasteiger partial charge is 0.239 e. The van der Waals surface area contributed by atoms with Crippen molar-refractivity contribution < 1.29 is 9.53 Å². The lowest BCUT2D eigenvalue weighted by molar-refractivity contribution is -0.119. The molecular weight excluding hydrogens is 254 g/mol. The second-order valence-electron chi connectivity index (χ2n) is 5.51. The molecule has 1 aromatic rings. The molecular formula is C15H25N3O2. The van der Waals surface area contributed by atoms with Gasteiger partial charge in [-0.3, -0.25) is 4.79 Å². The largest absolute Gasteiger partial charge is 0.491 e. The number of amides is 1. The van der Waals surface area contributed by atoms with Gasteiger partial charge in [0.1, 0.15) is 5.75 Å². The average Bonchev–Trinajstić information content (AvgIpc) is 2.32. The summed E-state index contributed by atoms with van der Waals surface area (Å²) in [4.78, 5) is 11.6. The Morgan fingerprint density at radius 2 is 1.95 bits per heavy atom. The van der Waals surface area contributed by atoms with E-state index in [1.807, 2.05) is 19.9 Å². The van der Waals surface area contributed by atoms with E-state index in [2.05, 4.69) is 24.5 Å². The number of carbonyl (C=O) groups excluding carboxylic acids is 1. The molecule has 1 amide bonds. The fourth-order valence-electron chi connectivity index (χ4n) is 1.63. The Hall–Kier alpha value is -1.91. The van der Waals surface area contributed by atoms with Gasteiger partial charge in [0.2, 0.25) is 5.91 Å². The van der Waals surface area contributed by atoms with Crippen molar-refractivity contribution in [3.05, 3.63) is 18.2 Å². The molecule has 0 unspecified atom stereocenters. The van der Waals surface area contributed by atoms with Gasteiger partial charge in [0, 0.05) is 30.1 Å². The van der Waals surface area contributed by atoms with Crippen molar-refractivity contribution in [3.8, 4) is 5.75 Å². The summed E-state index contributed by atoms with van der Waals surface area (Å²) >= 11 is 0. The zero-order valence-electron chi connectivity index (χ0n) is 12.7. The van der Waals surface area contributed by atoms with Crippen LogP contribution in [0.25, 0.3) is 0 Å². The van der Waals surface area contributed by atoms with Crippen molar-refractivity contribution in [1.29, 1.82) is 0 Å². The third kappa shape index (κ3) is 6.31. The molecule has 0 aliphatic carbocycles. The summed E-state index contributed by atoms with van der Waals surface area (Å²) in [5.74, 6) is 1.11. The lowest BCUT2D eigenvalue weighted by Gasteiger charge is -2.13. The van der Waals surface area contributed by atoms with Crippen LogP contribution in [0.4, 0.5) is 11.4 Å². The number of nitrogen functional groups attached to an aromatic ring is 1. The molecule has 0 spiro atoms. The highest BCUT2D eigenvalue weighted by atomic mass is 16.5. The third-order valence-corrected chi connectivity index (χ3v) is 2.46.